The molecule has 1 amide bonds. The molecule has 2 aromatic carbocycles. The predicted octanol–water partition coefficient (Wildman–Crippen LogP) is 3.81. The van der Waals surface area contributed by atoms with Crippen molar-refractivity contribution in [1.29, 1.82) is 0 Å². The summed E-state index contributed by atoms with van der Waals surface area (Å²) in [5.74, 6) is -1.18. The van der Waals surface area contributed by atoms with Crippen LogP contribution < -0.4 is 0 Å². The Hall–Kier alpha value is -2.64. The maximum Gasteiger partial charge on any atom is 0.305 e. The maximum absolute atomic E-state index is 12.9. The fourth-order valence-electron chi connectivity index (χ4n) is 2.67. The predicted molar refractivity (Wildman–Crippen MR) is 105 cm³/mol. The molecule has 0 spiro atoms. The summed E-state index contributed by atoms with van der Waals surface area (Å²) in [6.45, 7) is 0. The van der Waals surface area contributed by atoms with Gasteiger partial charge in [-0.1, -0.05) is 66.4 Å². The zero-order valence-electron chi connectivity index (χ0n) is 13.5. The van der Waals surface area contributed by atoms with Gasteiger partial charge in [-0.25, -0.2) is 0 Å². The number of hydrogen-bond acceptors (Lipinski definition) is 5. The third-order valence-corrected chi connectivity index (χ3v) is 5.21. The summed E-state index contributed by atoms with van der Waals surface area (Å²) in [6.07, 6.45) is 1.45. The number of benzene rings is 2. The normalized spacial score (nSPS) is 16.9. The highest BCUT2D eigenvalue weighted by molar-refractivity contribution is 8.26. The molecular formula is C19H15NO4S2. The van der Waals surface area contributed by atoms with Crippen molar-refractivity contribution in [3.63, 3.8) is 0 Å². The SMILES string of the molecule is O=C(O)C[C@H](c1ccccc1)N1C(=O)/C(=C\c2ccc(O)cc2)SC1=S. The first-order chi connectivity index (χ1) is 12.5. The highest BCUT2D eigenvalue weighted by atomic mass is 32.2. The van der Waals surface area contributed by atoms with E-state index in [-0.39, 0.29) is 18.1 Å². The fraction of sp³-hybridized carbons (Fsp3) is 0.105. The zero-order valence-corrected chi connectivity index (χ0v) is 15.2. The highest BCUT2D eigenvalue weighted by Crippen LogP contribution is 2.39. The number of nitrogens with zero attached hydrogens (tertiary/aromatic N) is 1. The molecule has 1 saturated heterocycles. The Labute approximate surface area is 160 Å². The van der Waals surface area contributed by atoms with Gasteiger partial charge in [-0.2, -0.15) is 0 Å². The maximum atomic E-state index is 12.9. The summed E-state index contributed by atoms with van der Waals surface area (Å²) < 4.78 is 0.329. The molecule has 0 aromatic heterocycles. The molecule has 0 unspecified atom stereocenters. The molecule has 3 rings (SSSR count). The number of aliphatic carboxylic acids is 1. The number of thiocarbonyl (C=S) groups is 1. The lowest BCUT2D eigenvalue weighted by atomic mass is 10.0. The van der Waals surface area contributed by atoms with E-state index in [0.29, 0.717) is 9.23 Å². The Morgan fingerprint density at radius 3 is 2.42 bits per heavy atom. The number of thioether (sulfide) groups is 1. The van der Waals surface area contributed by atoms with E-state index in [4.69, 9.17) is 12.2 Å². The van der Waals surface area contributed by atoms with Gasteiger partial charge in [0.25, 0.3) is 5.91 Å². The lowest BCUT2D eigenvalue weighted by Gasteiger charge is -2.26. The number of aromatic hydroxyl groups is 1. The van der Waals surface area contributed by atoms with Gasteiger partial charge in [0.05, 0.1) is 17.4 Å². The van der Waals surface area contributed by atoms with Crippen LogP contribution >= 0.6 is 24.0 Å². The molecule has 0 aliphatic carbocycles. The molecule has 1 aliphatic heterocycles. The molecule has 1 heterocycles. The summed E-state index contributed by atoms with van der Waals surface area (Å²) in [5, 5.41) is 18.6. The largest absolute Gasteiger partial charge is 0.508 e. The van der Waals surface area contributed by atoms with Crippen molar-refractivity contribution in [3.8, 4) is 5.75 Å². The van der Waals surface area contributed by atoms with E-state index in [0.717, 1.165) is 22.9 Å². The molecule has 2 N–H and O–H groups in total. The van der Waals surface area contributed by atoms with Gasteiger partial charge < -0.3 is 10.2 Å². The number of carbonyl (C=O) groups excluding carboxylic acids is 1. The molecule has 1 aliphatic rings. The van der Waals surface area contributed by atoms with Crippen LogP contribution in [0.25, 0.3) is 6.08 Å². The molecule has 1 atom stereocenters. The highest BCUT2D eigenvalue weighted by Gasteiger charge is 2.38. The number of carboxylic acids is 1. The number of hydrogen-bond donors (Lipinski definition) is 2. The quantitative estimate of drug-likeness (QED) is 0.602. The summed E-state index contributed by atoms with van der Waals surface area (Å²) in [6, 6.07) is 14.8. The summed E-state index contributed by atoms with van der Waals surface area (Å²) in [5.41, 5.74) is 1.47. The number of rotatable bonds is 5. The van der Waals surface area contributed by atoms with Gasteiger partial charge in [-0.05, 0) is 29.3 Å². The van der Waals surface area contributed by atoms with Crippen molar-refractivity contribution in [1.82, 2.24) is 4.90 Å². The molecule has 0 bridgehead atoms. The van der Waals surface area contributed by atoms with E-state index in [1.165, 1.54) is 17.0 Å². The standard InChI is InChI=1S/C19H15NO4S2/c21-14-8-6-12(7-9-14)10-16-18(24)20(19(25)26-16)15(11-17(22)23)13-4-2-1-3-5-13/h1-10,15,21H,11H2,(H,22,23)/b16-10+/t15-/m1/s1. The van der Waals surface area contributed by atoms with E-state index >= 15 is 0 Å². The van der Waals surface area contributed by atoms with Crippen LogP contribution in [-0.2, 0) is 9.59 Å². The molecular weight excluding hydrogens is 370 g/mol. The summed E-state index contributed by atoms with van der Waals surface area (Å²) >= 11 is 6.50. The van der Waals surface area contributed by atoms with Crippen LogP contribution in [0, 0.1) is 0 Å². The fourth-order valence-corrected chi connectivity index (χ4v) is 4.03. The minimum Gasteiger partial charge on any atom is -0.508 e. The first kappa shape index (κ1) is 18.2. The lowest BCUT2D eigenvalue weighted by molar-refractivity contribution is -0.138. The zero-order chi connectivity index (χ0) is 18.7. The van der Waals surface area contributed by atoms with E-state index in [9.17, 15) is 19.8 Å². The molecule has 0 saturated carbocycles. The third kappa shape index (κ3) is 3.95. The van der Waals surface area contributed by atoms with Crippen molar-refractivity contribution in [2.45, 2.75) is 12.5 Å². The van der Waals surface area contributed by atoms with Crippen LogP contribution in [0.2, 0.25) is 0 Å². The second kappa shape index (κ2) is 7.72. The minimum atomic E-state index is -1.00. The molecule has 5 nitrogen and oxygen atoms in total. The van der Waals surface area contributed by atoms with Crippen molar-refractivity contribution in [2.75, 3.05) is 0 Å². The Morgan fingerprint density at radius 1 is 1.15 bits per heavy atom. The summed E-state index contributed by atoms with van der Waals surface area (Å²) in [4.78, 5) is 26.0. The molecule has 1 fully saturated rings. The third-order valence-electron chi connectivity index (χ3n) is 3.88. The first-order valence-electron chi connectivity index (χ1n) is 7.78. The van der Waals surface area contributed by atoms with Crippen molar-refractivity contribution in [3.05, 3.63) is 70.6 Å². The number of carbonyl (C=O) groups is 2. The minimum absolute atomic E-state index is 0.139. The van der Waals surface area contributed by atoms with Crippen molar-refractivity contribution < 1.29 is 19.8 Å². The van der Waals surface area contributed by atoms with E-state index in [1.54, 1.807) is 42.5 Å². The van der Waals surface area contributed by atoms with Crippen LogP contribution in [0.4, 0.5) is 0 Å². The average Bonchev–Trinajstić information content (AvgIpc) is 2.89. The second-order valence-corrected chi connectivity index (χ2v) is 7.34. The van der Waals surface area contributed by atoms with Crippen molar-refractivity contribution in [2.24, 2.45) is 0 Å². The van der Waals surface area contributed by atoms with Crippen LogP contribution in [0.15, 0.2) is 59.5 Å². The van der Waals surface area contributed by atoms with Crippen LogP contribution in [0.5, 0.6) is 5.75 Å². The van der Waals surface area contributed by atoms with Crippen LogP contribution in [0.3, 0.4) is 0 Å². The number of phenolic OH excluding ortho intramolecular Hbond substituents is 1. The topological polar surface area (TPSA) is 77.8 Å². The summed E-state index contributed by atoms with van der Waals surface area (Å²) in [7, 11) is 0. The Balaban J connectivity index is 1.93. The first-order valence-corrected chi connectivity index (χ1v) is 9.01. The molecule has 0 radical (unpaired) electrons. The number of phenols is 1. The van der Waals surface area contributed by atoms with E-state index in [1.807, 2.05) is 6.07 Å². The molecule has 2 aromatic rings. The van der Waals surface area contributed by atoms with Gasteiger partial charge in [0, 0.05) is 0 Å². The van der Waals surface area contributed by atoms with Gasteiger partial charge in [0.1, 0.15) is 10.1 Å². The van der Waals surface area contributed by atoms with Crippen LogP contribution in [0.1, 0.15) is 23.6 Å². The van der Waals surface area contributed by atoms with Gasteiger partial charge in [-0.3, -0.25) is 14.5 Å². The van der Waals surface area contributed by atoms with Crippen molar-refractivity contribution >= 4 is 46.3 Å². The van der Waals surface area contributed by atoms with E-state index in [2.05, 4.69) is 0 Å². The lowest BCUT2D eigenvalue weighted by Crippen LogP contribution is -2.34. The van der Waals surface area contributed by atoms with Crippen LogP contribution in [-0.4, -0.2) is 31.3 Å². The molecule has 132 valence electrons. The van der Waals surface area contributed by atoms with Gasteiger partial charge in [-0.15, -0.1) is 0 Å². The van der Waals surface area contributed by atoms with Gasteiger partial charge in [0.15, 0.2) is 0 Å². The number of amides is 1. The second-order valence-electron chi connectivity index (χ2n) is 5.67. The van der Waals surface area contributed by atoms with Gasteiger partial charge >= 0.3 is 5.97 Å². The number of carboxylic acid groups (broad SMARTS) is 1. The Morgan fingerprint density at radius 2 is 1.81 bits per heavy atom. The monoisotopic (exact) mass is 385 g/mol. The molecule has 7 heteroatoms. The average molecular weight is 385 g/mol. The Bertz CT molecular complexity index is 878. The van der Waals surface area contributed by atoms with E-state index < -0.39 is 12.0 Å². The molecule has 26 heavy (non-hydrogen) atoms. The van der Waals surface area contributed by atoms with Gasteiger partial charge in [0.2, 0.25) is 0 Å². The smallest absolute Gasteiger partial charge is 0.305 e. The Kier molecular flexibility index (Phi) is 5.39.